The van der Waals surface area contributed by atoms with Gasteiger partial charge in [0, 0.05) is 24.9 Å². The average molecular weight is 341 g/mol. The third-order valence-electron chi connectivity index (χ3n) is 3.28. The number of anilines is 1. The van der Waals surface area contributed by atoms with Crippen LogP contribution in [-0.4, -0.2) is 47.9 Å². The number of methoxy groups -OCH3 is 1. The molecule has 0 aromatic heterocycles. The number of thioether (sulfide) groups is 1. The fourth-order valence-electron chi connectivity index (χ4n) is 2.07. The molecule has 1 saturated heterocycles. The quantitative estimate of drug-likeness (QED) is 0.855. The molecule has 2 rings (SSSR count). The van der Waals surface area contributed by atoms with E-state index in [0.717, 1.165) is 0 Å². The minimum absolute atomic E-state index is 0.152. The molecule has 1 aliphatic rings. The topological polar surface area (TPSA) is 58.6 Å². The summed E-state index contributed by atoms with van der Waals surface area (Å²) in [5.74, 6) is 1.02. The molecule has 1 aliphatic heterocycles. The van der Waals surface area contributed by atoms with E-state index < -0.39 is 0 Å². The fraction of sp³-hybridized carbons (Fsp3) is 0.333. The number of nitrogens with one attached hydrogen (secondary N) is 1. The third kappa shape index (κ3) is 3.96. The summed E-state index contributed by atoms with van der Waals surface area (Å²) < 4.78 is 5.07. The summed E-state index contributed by atoms with van der Waals surface area (Å²) in [7, 11) is 1.55. The average Bonchev–Trinajstić information content (AvgIpc) is 2.55. The first-order chi connectivity index (χ1) is 10.5. The molecule has 1 N–H and O–H groups in total. The number of hydrogen-bond acceptors (Lipinski definition) is 4. The monoisotopic (exact) mass is 340 g/mol. The number of ether oxygens (including phenoxy) is 1. The second-order valence-electron chi connectivity index (χ2n) is 4.68. The van der Waals surface area contributed by atoms with Gasteiger partial charge in [0.2, 0.25) is 11.8 Å². The van der Waals surface area contributed by atoms with Gasteiger partial charge in [0.05, 0.1) is 17.8 Å². The highest BCUT2D eigenvalue weighted by atomic mass is 35.5. The lowest BCUT2D eigenvalue weighted by atomic mass is 10.2. The number of rotatable bonds is 4. The van der Waals surface area contributed by atoms with E-state index in [4.69, 9.17) is 16.3 Å². The Labute approximate surface area is 138 Å². The maximum absolute atomic E-state index is 12.3. The molecular weight excluding hydrogens is 324 g/mol. The first-order valence-corrected chi connectivity index (χ1v) is 8.15. The Balaban J connectivity index is 2.02. The minimum Gasteiger partial charge on any atom is -0.497 e. The van der Waals surface area contributed by atoms with Crippen molar-refractivity contribution in [1.82, 2.24) is 4.90 Å². The maximum atomic E-state index is 12.3. The lowest BCUT2D eigenvalue weighted by Gasteiger charge is -2.31. The summed E-state index contributed by atoms with van der Waals surface area (Å²) in [6.45, 7) is 4.47. The molecule has 1 heterocycles. The molecule has 1 aromatic carbocycles. The van der Waals surface area contributed by atoms with Crippen LogP contribution in [0, 0.1) is 0 Å². The van der Waals surface area contributed by atoms with Crippen molar-refractivity contribution in [3.63, 3.8) is 0 Å². The SMILES string of the molecule is C=CC(=O)N1CCSC(C(=O)Nc2ccc(OC)cc2Cl)C1. The van der Waals surface area contributed by atoms with Gasteiger partial charge in [0.1, 0.15) is 11.0 Å². The lowest BCUT2D eigenvalue weighted by Crippen LogP contribution is -2.45. The van der Waals surface area contributed by atoms with Gasteiger partial charge in [0.15, 0.2) is 0 Å². The molecule has 0 aliphatic carbocycles. The van der Waals surface area contributed by atoms with E-state index in [0.29, 0.717) is 35.3 Å². The smallest absolute Gasteiger partial charge is 0.246 e. The molecule has 2 amide bonds. The van der Waals surface area contributed by atoms with Crippen LogP contribution in [0.3, 0.4) is 0 Å². The summed E-state index contributed by atoms with van der Waals surface area (Å²) in [5.41, 5.74) is 0.528. The molecule has 118 valence electrons. The molecule has 1 atom stereocenters. The van der Waals surface area contributed by atoms with E-state index >= 15 is 0 Å². The summed E-state index contributed by atoms with van der Waals surface area (Å²) in [6.07, 6.45) is 1.27. The Bertz CT molecular complexity index is 594. The number of halogens is 1. The van der Waals surface area contributed by atoms with Crippen molar-refractivity contribution in [3.05, 3.63) is 35.9 Å². The highest BCUT2D eigenvalue weighted by Crippen LogP contribution is 2.28. The lowest BCUT2D eigenvalue weighted by molar-refractivity contribution is -0.126. The highest BCUT2D eigenvalue weighted by molar-refractivity contribution is 8.00. The number of carbonyl (C=O) groups excluding carboxylic acids is 2. The van der Waals surface area contributed by atoms with Crippen molar-refractivity contribution in [2.45, 2.75) is 5.25 Å². The van der Waals surface area contributed by atoms with Gasteiger partial charge < -0.3 is 15.0 Å². The first-order valence-electron chi connectivity index (χ1n) is 6.72. The molecule has 0 saturated carbocycles. The fourth-order valence-corrected chi connectivity index (χ4v) is 3.40. The van der Waals surface area contributed by atoms with Crippen LogP contribution < -0.4 is 10.1 Å². The van der Waals surface area contributed by atoms with Gasteiger partial charge in [-0.1, -0.05) is 18.2 Å². The summed E-state index contributed by atoms with van der Waals surface area (Å²) >= 11 is 7.64. The minimum atomic E-state index is -0.323. The maximum Gasteiger partial charge on any atom is 0.246 e. The Kier molecular flexibility index (Phi) is 5.74. The van der Waals surface area contributed by atoms with E-state index in [9.17, 15) is 9.59 Å². The molecule has 1 aromatic rings. The number of carbonyl (C=O) groups is 2. The van der Waals surface area contributed by atoms with E-state index in [-0.39, 0.29) is 17.1 Å². The van der Waals surface area contributed by atoms with Crippen molar-refractivity contribution in [2.75, 3.05) is 31.3 Å². The first kappa shape index (κ1) is 16.7. The largest absolute Gasteiger partial charge is 0.497 e. The predicted octanol–water partition coefficient (Wildman–Crippen LogP) is 2.42. The standard InChI is InChI=1S/C15H17ClN2O3S/c1-3-14(19)18-6-7-22-13(9-18)15(20)17-12-5-4-10(21-2)8-11(12)16/h3-5,8,13H,1,6-7,9H2,2H3,(H,17,20). The Morgan fingerprint density at radius 1 is 1.55 bits per heavy atom. The summed E-state index contributed by atoms with van der Waals surface area (Å²) in [5, 5.41) is 2.88. The van der Waals surface area contributed by atoms with E-state index in [1.165, 1.54) is 17.8 Å². The van der Waals surface area contributed by atoms with E-state index in [1.807, 2.05) is 0 Å². The van der Waals surface area contributed by atoms with E-state index in [2.05, 4.69) is 11.9 Å². The van der Waals surface area contributed by atoms with Crippen LogP contribution in [0.25, 0.3) is 0 Å². The van der Waals surface area contributed by atoms with Gasteiger partial charge in [-0.2, -0.15) is 0 Å². The second-order valence-corrected chi connectivity index (χ2v) is 6.40. The van der Waals surface area contributed by atoms with Crippen LogP contribution in [0.1, 0.15) is 0 Å². The van der Waals surface area contributed by atoms with Crippen molar-refractivity contribution in [3.8, 4) is 5.75 Å². The summed E-state index contributed by atoms with van der Waals surface area (Å²) in [4.78, 5) is 25.6. The van der Waals surface area contributed by atoms with Gasteiger partial charge in [-0.25, -0.2) is 0 Å². The molecule has 22 heavy (non-hydrogen) atoms. The Morgan fingerprint density at radius 3 is 2.95 bits per heavy atom. The molecule has 0 radical (unpaired) electrons. The highest BCUT2D eigenvalue weighted by Gasteiger charge is 2.28. The zero-order chi connectivity index (χ0) is 16.1. The van der Waals surface area contributed by atoms with Crippen molar-refractivity contribution >= 4 is 40.9 Å². The van der Waals surface area contributed by atoms with Crippen LogP contribution in [-0.2, 0) is 9.59 Å². The third-order valence-corrected chi connectivity index (χ3v) is 4.78. The van der Waals surface area contributed by atoms with Crippen molar-refractivity contribution in [1.29, 1.82) is 0 Å². The number of amides is 2. The van der Waals surface area contributed by atoms with Gasteiger partial charge in [0.25, 0.3) is 0 Å². The Hall–Kier alpha value is -1.66. The summed E-state index contributed by atoms with van der Waals surface area (Å²) in [6, 6.07) is 5.06. The van der Waals surface area contributed by atoms with Gasteiger partial charge in [-0.15, -0.1) is 11.8 Å². The molecular formula is C15H17ClN2O3S. The number of nitrogens with zero attached hydrogens (tertiary/aromatic N) is 1. The molecule has 1 unspecified atom stereocenters. The molecule has 7 heteroatoms. The van der Waals surface area contributed by atoms with Crippen molar-refractivity contribution in [2.24, 2.45) is 0 Å². The molecule has 1 fully saturated rings. The normalized spacial score (nSPS) is 17.7. The zero-order valence-corrected chi connectivity index (χ0v) is 13.7. The second kappa shape index (κ2) is 7.56. The molecule has 0 bridgehead atoms. The van der Waals surface area contributed by atoms with Crippen LogP contribution in [0.4, 0.5) is 5.69 Å². The predicted molar refractivity (Wildman–Crippen MR) is 89.7 cm³/mol. The van der Waals surface area contributed by atoms with Gasteiger partial charge in [-0.05, 0) is 18.2 Å². The van der Waals surface area contributed by atoms with Gasteiger partial charge in [-0.3, -0.25) is 9.59 Å². The van der Waals surface area contributed by atoms with Crippen LogP contribution in [0.5, 0.6) is 5.75 Å². The van der Waals surface area contributed by atoms with Crippen LogP contribution in [0.2, 0.25) is 5.02 Å². The van der Waals surface area contributed by atoms with Gasteiger partial charge >= 0.3 is 0 Å². The Morgan fingerprint density at radius 2 is 2.32 bits per heavy atom. The number of benzene rings is 1. The van der Waals surface area contributed by atoms with Crippen LogP contribution in [0.15, 0.2) is 30.9 Å². The number of hydrogen-bond donors (Lipinski definition) is 1. The van der Waals surface area contributed by atoms with E-state index in [1.54, 1.807) is 30.2 Å². The molecule has 0 spiro atoms. The van der Waals surface area contributed by atoms with Crippen molar-refractivity contribution < 1.29 is 14.3 Å². The molecule has 5 nitrogen and oxygen atoms in total. The zero-order valence-electron chi connectivity index (χ0n) is 12.2. The van der Waals surface area contributed by atoms with Crippen LogP contribution >= 0.6 is 23.4 Å².